The quantitative estimate of drug-likeness (QED) is 0.805. The van der Waals surface area contributed by atoms with E-state index in [1.165, 1.54) is 0 Å². The summed E-state index contributed by atoms with van der Waals surface area (Å²) in [6.45, 7) is 4.32. The van der Waals surface area contributed by atoms with Gasteiger partial charge in [0.1, 0.15) is 12.1 Å². The Hall–Kier alpha value is -1.92. The first-order valence-corrected chi connectivity index (χ1v) is 8.98. The first-order chi connectivity index (χ1) is 12.0. The molecule has 0 bridgehead atoms. The molecule has 25 heavy (non-hydrogen) atoms. The van der Waals surface area contributed by atoms with Gasteiger partial charge in [-0.25, -0.2) is 0 Å². The van der Waals surface area contributed by atoms with Crippen LogP contribution >= 0.6 is 0 Å². The van der Waals surface area contributed by atoms with Gasteiger partial charge in [-0.2, -0.15) is 0 Å². The summed E-state index contributed by atoms with van der Waals surface area (Å²) in [5, 5.41) is 0. The van der Waals surface area contributed by atoms with Crippen LogP contribution in [0.15, 0.2) is 30.3 Å². The molecule has 0 saturated carbocycles. The summed E-state index contributed by atoms with van der Waals surface area (Å²) in [6.07, 6.45) is 0.710. The SMILES string of the molecule is CN1CCN(C(C(=O)N(C)C2CCN(C)C2=O)c2ccccc2)CC1. The summed E-state index contributed by atoms with van der Waals surface area (Å²) >= 11 is 0. The van der Waals surface area contributed by atoms with Gasteiger partial charge in [0.15, 0.2) is 0 Å². The van der Waals surface area contributed by atoms with Crippen LogP contribution in [-0.4, -0.2) is 91.3 Å². The van der Waals surface area contributed by atoms with Crippen molar-refractivity contribution in [2.75, 3.05) is 53.9 Å². The molecule has 2 aliphatic rings. The van der Waals surface area contributed by atoms with E-state index in [-0.39, 0.29) is 23.9 Å². The van der Waals surface area contributed by atoms with Crippen molar-refractivity contribution in [3.8, 4) is 0 Å². The summed E-state index contributed by atoms with van der Waals surface area (Å²) in [6, 6.07) is 9.28. The van der Waals surface area contributed by atoms with Gasteiger partial charge < -0.3 is 14.7 Å². The molecule has 2 atom stereocenters. The minimum Gasteiger partial charge on any atom is -0.344 e. The zero-order chi connectivity index (χ0) is 18.0. The molecule has 0 N–H and O–H groups in total. The Balaban J connectivity index is 1.83. The fourth-order valence-electron chi connectivity index (χ4n) is 3.73. The highest BCUT2D eigenvalue weighted by molar-refractivity contribution is 5.91. The molecule has 1 aromatic rings. The van der Waals surface area contributed by atoms with Crippen molar-refractivity contribution in [3.05, 3.63) is 35.9 Å². The average Bonchev–Trinajstić information content (AvgIpc) is 2.96. The largest absolute Gasteiger partial charge is 0.344 e. The second kappa shape index (κ2) is 7.54. The fourth-order valence-corrected chi connectivity index (χ4v) is 3.73. The summed E-state index contributed by atoms with van der Waals surface area (Å²) in [4.78, 5) is 33.6. The zero-order valence-corrected chi connectivity index (χ0v) is 15.4. The van der Waals surface area contributed by atoms with Crippen LogP contribution in [0.2, 0.25) is 0 Å². The van der Waals surface area contributed by atoms with Crippen LogP contribution < -0.4 is 0 Å². The van der Waals surface area contributed by atoms with Gasteiger partial charge in [0, 0.05) is 46.8 Å². The molecule has 6 nitrogen and oxygen atoms in total. The van der Waals surface area contributed by atoms with Crippen LogP contribution in [-0.2, 0) is 9.59 Å². The second-order valence-electron chi connectivity index (χ2n) is 7.17. The number of carbonyl (C=O) groups excluding carboxylic acids is 2. The van der Waals surface area contributed by atoms with Gasteiger partial charge in [-0.3, -0.25) is 14.5 Å². The molecular weight excluding hydrogens is 316 g/mol. The van der Waals surface area contributed by atoms with Crippen molar-refractivity contribution in [1.29, 1.82) is 0 Å². The summed E-state index contributed by atoms with van der Waals surface area (Å²) in [5.74, 6) is 0.0606. The number of piperazine rings is 1. The maximum atomic E-state index is 13.4. The highest BCUT2D eigenvalue weighted by Gasteiger charge is 2.39. The molecule has 136 valence electrons. The van der Waals surface area contributed by atoms with Crippen molar-refractivity contribution in [1.82, 2.24) is 19.6 Å². The lowest BCUT2D eigenvalue weighted by molar-refractivity contribution is -0.144. The number of amides is 2. The van der Waals surface area contributed by atoms with E-state index in [1.54, 1.807) is 23.9 Å². The van der Waals surface area contributed by atoms with E-state index in [2.05, 4.69) is 16.8 Å². The van der Waals surface area contributed by atoms with Crippen LogP contribution in [0.25, 0.3) is 0 Å². The Kier molecular flexibility index (Phi) is 5.39. The van der Waals surface area contributed by atoms with E-state index >= 15 is 0 Å². The number of likely N-dealkylation sites (N-methyl/N-ethyl adjacent to an activating group) is 3. The topological polar surface area (TPSA) is 47.1 Å². The van der Waals surface area contributed by atoms with E-state index in [0.717, 1.165) is 31.7 Å². The molecule has 6 heteroatoms. The summed E-state index contributed by atoms with van der Waals surface area (Å²) in [7, 11) is 5.68. The number of carbonyl (C=O) groups is 2. The average molecular weight is 344 g/mol. The Morgan fingerprint density at radius 2 is 1.72 bits per heavy atom. The normalized spacial score (nSPS) is 23.7. The third-order valence-corrected chi connectivity index (χ3v) is 5.47. The van der Waals surface area contributed by atoms with E-state index < -0.39 is 0 Å². The molecule has 2 fully saturated rings. The van der Waals surface area contributed by atoms with Crippen LogP contribution in [0.5, 0.6) is 0 Å². The van der Waals surface area contributed by atoms with Crippen molar-refractivity contribution in [2.45, 2.75) is 18.5 Å². The highest BCUT2D eigenvalue weighted by atomic mass is 16.2. The van der Waals surface area contributed by atoms with Gasteiger partial charge in [-0.15, -0.1) is 0 Å². The van der Waals surface area contributed by atoms with Gasteiger partial charge in [-0.1, -0.05) is 30.3 Å². The van der Waals surface area contributed by atoms with Gasteiger partial charge in [0.25, 0.3) is 0 Å². The summed E-state index contributed by atoms with van der Waals surface area (Å²) < 4.78 is 0. The van der Waals surface area contributed by atoms with Crippen molar-refractivity contribution >= 4 is 11.8 Å². The lowest BCUT2D eigenvalue weighted by Gasteiger charge is -2.39. The molecule has 0 spiro atoms. The molecule has 0 radical (unpaired) electrons. The Morgan fingerprint density at radius 1 is 1.08 bits per heavy atom. The molecule has 3 rings (SSSR count). The Labute approximate surface area is 150 Å². The Bertz CT molecular complexity index is 613. The number of likely N-dealkylation sites (tertiary alicyclic amines) is 1. The molecular formula is C19H28N4O2. The molecule has 2 amide bonds. The van der Waals surface area contributed by atoms with Crippen molar-refractivity contribution in [2.24, 2.45) is 0 Å². The number of nitrogens with zero attached hydrogens (tertiary/aromatic N) is 4. The number of hydrogen-bond acceptors (Lipinski definition) is 4. The van der Waals surface area contributed by atoms with Gasteiger partial charge >= 0.3 is 0 Å². The van der Waals surface area contributed by atoms with E-state index in [0.29, 0.717) is 13.0 Å². The molecule has 2 heterocycles. The van der Waals surface area contributed by atoms with E-state index in [9.17, 15) is 9.59 Å². The van der Waals surface area contributed by atoms with Crippen molar-refractivity contribution in [3.63, 3.8) is 0 Å². The fraction of sp³-hybridized carbons (Fsp3) is 0.579. The van der Waals surface area contributed by atoms with Crippen LogP contribution in [0.1, 0.15) is 18.0 Å². The smallest absolute Gasteiger partial charge is 0.245 e. The molecule has 0 aliphatic carbocycles. The van der Waals surface area contributed by atoms with Gasteiger partial charge in [0.2, 0.25) is 11.8 Å². The number of rotatable bonds is 4. The van der Waals surface area contributed by atoms with Crippen LogP contribution in [0, 0.1) is 0 Å². The second-order valence-corrected chi connectivity index (χ2v) is 7.17. The summed E-state index contributed by atoms with van der Waals surface area (Å²) in [5.41, 5.74) is 1.00. The lowest BCUT2D eigenvalue weighted by Crippen LogP contribution is -2.52. The number of hydrogen-bond donors (Lipinski definition) is 0. The maximum absolute atomic E-state index is 13.4. The molecule has 2 unspecified atom stereocenters. The van der Waals surface area contributed by atoms with E-state index in [4.69, 9.17) is 0 Å². The zero-order valence-electron chi connectivity index (χ0n) is 15.4. The first kappa shape index (κ1) is 17.9. The predicted molar refractivity (Wildman–Crippen MR) is 97.1 cm³/mol. The number of benzene rings is 1. The standard InChI is InChI=1S/C19H28N4O2/c1-20-11-13-23(14-12-20)17(15-7-5-4-6-8-15)19(25)22(3)16-9-10-21(2)18(16)24/h4-8,16-17H,9-14H2,1-3H3. The van der Waals surface area contributed by atoms with Crippen molar-refractivity contribution < 1.29 is 9.59 Å². The lowest BCUT2D eigenvalue weighted by atomic mass is 10.0. The van der Waals surface area contributed by atoms with Gasteiger partial charge in [-0.05, 0) is 19.0 Å². The van der Waals surface area contributed by atoms with Gasteiger partial charge in [0.05, 0.1) is 0 Å². The highest BCUT2D eigenvalue weighted by Crippen LogP contribution is 2.26. The predicted octanol–water partition coefficient (Wildman–Crippen LogP) is 0.664. The minimum absolute atomic E-state index is 0.0180. The molecule has 1 aromatic carbocycles. The third-order valence-electron chi connectivity index (χ3n) is 5.47. The molecule has 0 aromatic heterocycles. The molecule has 2 aliphatic heterocycles. The molecule has 2 saturated heterocycles. The monoisotopic (exact) mass is 344 g/mol. The first-order valence-electron chi connectivity index (χ1n) is 8.98. The van der Waals surface area contributed by atoms with Crippen LogP contribution in [0.3, 0.4) is 0 Å². The maximum Gasteiger partial charge on any atom is 0.245 e. The minimum atomic E-state index is -0.337. The Morgan fingerprint density at radius 3 is 2.28 bits per heavy atom. The van der Waals surface area contributed by atoms with E-state index in [1.807, 2.05) is 30.3 Å². The van der Waals surface area contributed by atoms with Crippen LogP contribution in [0.4, 0.5) is 0 Å². The third kappa shape index (κ3) is 3.70.